The Hall–Kier alpha value is -1.68. The van der Waals surface area contributed by atoms with Crippen LogP contribution in [0.3, 0.4) is 0 Å². The molecule has 0 aliphatic heterocycles. The predicted octanol–water partition coefficient (Wildman–Crippen LogP) is 2.77. The molecule has 1 atom stereocenters. The van der Waals surface area contributed by atoms with Crippen LogP contribution in [0.25, 0.3) is 0 Å². The highest BCUT2D eigenvalue weighted by atomic mass is 16.5. The third-order valence-corrected chi connectivity index (χ3v) is 3.50. The molecule has 2 aromatic rings. The van der Waals surface area contributed by atoms with Crippen LogP contribution in [0.1, 0.15) is 38.0 Å². The Morgan fingerprint density at radius 1 is 1.15 bits per heavy atom. The number of aryl methyl sites for hydroxylation is 2. The molecule has 2 N–H and O–H groups in total. The molecule has 20 heavy (non-hydrogen) atoms. The fraction of sp³-hybridized carbons (Fsp3) is 0.500. The summed E-state index contributed by atoms with van der Waals surface area (Å²) in [5.74, 6) is 1.39. The van der Waals surface area contributed by atoms with Crippen LogP contribution in [0.15, 0.2) is 34.9 Å². The molecule has 1 unspecified atom stereocenters. The van der Waals surface area contributed by atoms with E-state index in [1.807, 2.05) is 18.2 Å². The predicted molar refractivity (Wildman–Crippen MR) is 79.3 cm³/mol. The first-order valence-electron chi connectivity index (χ1n) is 7.06. The van der Waals surface area contributed by atoms with Crippen molar-refractivity contribution >= 4 is 0 Å². The van der Waals surface area contributed by atoms with E-state index in [4.69, 9.17) is 10.3 Å². The number of hydrogen-bond donors (Lipinski definition) is 1. The lowest BCUT2D eigenvalue weighted by molar-refractivity contribution is 0.285. The van der Waals surface area contributed by atoms with E-state index in [2.05, 4.69) is 43.0 Å². The fourth-order valence-corrected chi connectivity index (χ4v) is 1.87. The van der Waals surface area contributed by atoms with Crippen LogP contribution < -0.4 is 5.73 Å². The second kappa shape index (κ2) is 6.18. The summed E-state index contributed by atoms with van der Waals surface area (Å²) in [7, 11) is 0. The maximum Gasteiger partial charge on any atom is 0.228 e. The summed E-state index contributed by atoms with van der Waals surface area (Å²) in [5.41, 5.74) is 7.45. The topological polar surface area (TPSA) is 64.9 Å². The number of nitrogens with two attached hydrogens (primary N) is 1. The lowest BCUT2D eigenvalue weighted by atomic mass is 9.85. The van der Waals surface area contributed by atoms with Gasteiger partial charge in [-0.15, -0.1) is 0 Å². The summed E-state index contributed by atoms with van der Waals surface area (Å²) in [4.78, 5) is 4.42. The molecule has 0 aliphatic carbocycles. The van der Waals surface area contributed by atoms with Crippen molar-refractivity contribution < 1.29 is 4.52 Å². The van der Waals surface area contributed by atoms with Crippen molar-refractivity contribution in [2.24, 2.45) is 11.1 Å². The van der Waals surface area contributed by atoms with Crippen LogP contribution in [-0.4, -0.2) is 16.2 Å². The van der Waals surface area contributed by atoms with Gasteiger partial charge in [-0.2, -0.15) is 4.98 Å². The Bertz CT molecular complexity index is 528. The van der Waals surface area contributed by atoms with Crippen molar-refractivity contribution in [3.63, 3.8) is 0 Å². The SMILES string of the molecule is CC(C)(C)C(N)Cc1nc(CCc2ccccc2)no1. The van der Waals surface area contributed by atoms with E-state index >= 15 is 0 Å². The molecule has 108 valence electrons. The van der Waals surface area contributed by atoms with Crippen LogP contribution in [0.4, 0.5) is 0 Å². The van der Waals surface area contributed by atoms with Crippen molar-refractivity contribution in [2.75, 3.05) is 0 Å². The molecule has 0 fully saturated rings. The fourth-order valence-electron chi connectivity index (χ4n) is 1.87. The number of hydrogen-bond acceptors (Lipinski definition) is 4. The summed E-state index contributed by atoms with van der Waals surface area (Å²) in [6.07, 6.45) is 2.34. The van der Waals surface area contributed by atoms with E-state index < -0.39 is 0 Å². The standard InChI is InChI=1S/C16H23N3O/c1-16(2,3)13(17)11-15-18-14(19-20-15)10-9-12-7-5-4-6-8-12/h4-8,13H,9-11,17H2,1-3H3. The number of nitrogens with zero attached hydrogens (tertiary/aromatic N) is 2. The summed E-state index contributed by atoms with van der Waals surface area (Å²) in [5, 5.41) is 4.02. The number of benzene rings is 1. The second-order valence-corrected chi connectivity index (χ2v) is 6.27. The van der Waals surface area contributed by atoms with Crippen molar-refractivity contribution in [1.29, 1.82) is 0 Å². The molecule has 0 aliphatic rings. The van der Waals surface area contributed by atoms with Gasteiger partial charge in [0, 0.05) is 18.9 Å². The summed E-state index contributed by atoms with van der Waals surface area (Å²) >= 11 is 0. The lowest BCUT2D eigenvalue weighted by Crippen LogP contribution is -2.37. The maximum atomic E-state index is 6.13. The van der Waals surface area contributed by atoms with Gasteiger partial charge >= 0.3 is 0 Å². The average molecular weight is 273 g/mol. The highest BCUT2D eigenvalue weighted by molar-refractivity contribution is 5.15. The zero-order chi connectivity index (χ0) is 14.6. The van der Waals surface area contributed by atoms with Gasteiger partial charge in [0.2, 0.25) is 5.89 Å². The molecule has 1 aromatic carbocycles. The van der Waals surface area contributed by atoms with Crippen LogP contribution in [0.2, 0.25) is 0 Å². The maximum absolute atomic E-state index is 6.13. The molecule has 4 heteroatoms. The summed E-state index contributed by atoms with van der Waals surface area (Å²) in [6.45, 7) is 6.35. The molecule has 1 heterocycles. The summed E-state index contributed by atoms with van der Waals surface area (Å²) < 4.78 is 5.28. The van der Waals surface area contributed by atoms with E-state index in [0.717, 1.165) is 18.7 Å². The highest BCUT2D eigenvalue weighted by Crippen LogP contribution is 2.20. The largest absolute Gasteiger partial charge is 0.339 e. The molecule has 1 aromatic heterocycles. The second-order valence-electron chi connectivity index (χ2n) is 6.27. The third-order valence-electron chi connectivity index (χ3n) is 3.50. The van der Waals surface area contributed by atoms with Gasteiger partial charge in [0.1, 0.15) is 0 Å². The van der Waals surface area contributed by atoms with E-state index in [1.165, 1.54) is 5.56 Å². The van der Waals surface area contributed by atoms with E-state index in [0.29, 0.717) is 12.3 Å². The first kappa shape index (κ1) is 14.7. The van der Waals surface area contributed by atoms with Gasteiger partial charge in [-0.3, -0.25) is 0 Å². The minimum absolute atomic E-state index is 0.0184. The average Bonchev–Trinajstić information content (AvgIpc) is 2.84. The Balaban J connectivity index is 1.89. The van der Waals surface area contributed by atoms with Gasteiger partial charge in [-0.25, -0.2) is 0 Å². The molecule has 0 bridgehead atoms. The molecule has 4 nitrogen and oxygen atoms in total. The normalized spacial score (nSPS) is 13.4. The van der Waals surface area contributed by atoms with Gasteiger partial charge in [-0.05, 0) is 17.4 Å². The molecule has 0 saturated heterocycles. The smallest absolute Gasteiger partial charge is 0.228 e. The van der Waals surface area contributed by atoms with Gasteiger partial charge in [0.05, 0.1) is 0 Å². The van der Waals surface area contributed by atoms with Crippen molar-refractivity contribution in [3.8, 4) is 0 Å². The van der Waals surface area contributed by atoms with Crippen LogP contribution in [0.5, 0.6) is 0 Å². The lowest BCUT2D eigenvalue weighted by Gasteiger charge is -2.25. The third kappa shape index (κ3) is 4.17. The first-order chi connectivity index (χ1) is 9.45. The molecule has 0 saturated carbocycles. The Morgan fingerprint density at radius 3 is 2.50 bits per heavy atom. The number of aromatic nitrogens is 2. The van der Waals surface area contributed by atoms with Gasteiger partial charge in [-0.1, -0.05) is 56.3 Å². The molecule has 2 rings (SSSR count). The Morgan fingerprint density at radius 2 is 1.85 bits per heavy atom. The van der Waals surface area contributed by atoms with Crippen molar-refractivity contribution in [2.45, 2.75) is 46.1 Å². The van der Waals surface area contributed by atoms with Gasteiger partial charge in [0.15, 0.2) is 5.82 Å². The van der Waals surface area contributed by atoms with Crippen LogP contribution in [0, 0.1) is 5.41 Å². The molecule has 0 amide bonds. The zero-order valence-electron chi connectivity index (χ0n) is 12.5. The minimum atomic E-state index is 0.0184. The Kier molecular flexibility index (Phi) is 4.55. The molecule has 0 radical (unpaired) electrons. The van der Waals surface area contributed by atoms with Gasteiger partial charge in [0.25, 0.3) is 0 Å². The monoisotopic (exact) mass is 273 g/mol. The quantitative estimate of drug-likeness (QED) is 0.909. The summed E-state index contributed by atoms with van der Waals surface area (Å²) in [6, 6.07) is 10.3. The van der Waals surface area contributed by atoms with Gasteiger partial charge < -0.3 is 10.3 Å². The number of rotatable bonds is 5. The van der Waals surface area contributed by atoms with Crippen molar-refractivity contribution in [3.05, 3.63) is 47.6 Å². The minimum Gasteiger partial charge on any atom is -0.339 e. The van der Waals surface area contributed by atoms with Crippen LogP contribution in [-0.2, 0) is 19.3 Å². The van der Waals surface area contributed by atoms with E-state index in [9.17, 15) is 0 Å². The zero-order valence-corrected chi connectivity index (χ0v) is 12.5. The van der Waals surface area contributed by atoms with E-state index in [1.54, 1.807) is 0 Å². The Labute approximate surface area is 120 Å². The molecule has 0 spiro atoms. The molecular weight excluding hydrogens is 250 g/mol. The highest BCUT2D eigenvalue weighted by Gasteiger charge is 2.23. The van der Waals surface area contributed by atoms with E-state index in [-0.39, 0.29) is 11.5 Å². The first-order valence-corrected chi connectivity index (χ1v) is 7.06. The van der Waals surface area contributed by atoms with Crippen LogP contribution >= 0.6 is 0 Å². The van der Waals surface area contributed by atoms with Crippen molar-refractivity contribution in [1.82, 2.24) is 10.1 Å². The molecular formula is C16H23N3O.